The number of anilines is 2. The number of aryl methyl sites for hydroxylation is 2. The van der Waals surface area contributed by atoms with Gasteiger partial charge in [0.15, 0.2) is 0 Å². The van der Waals surface area contributed by atoms with E-state index in [1.807, 2.05) is 13.0 Å². The van der Waals surface area contributed by atoms with E-state index in [9.17, 15) is 8.42 Å². The van der Waals surface area contributed by atoms with Crippen LogP contribution in [0.25, 0.3) is 0 Å². The van der Waals surface area contributed by atoms with E-state index in [1.54, 1.807) is 31.2 Å². The van der Waals surface area contributed by atoms with E-state index in [0.29, 0.717) is 17.1 Å². The Morgan fingerprint density at radius 3 is 2.38 bits per heavy atom. The Kier molecular flexibility index (Phi) is 4.09. The third kappa shape index (κ3) is 3.46. The molecule has 0 aromatic heterocycles. The molecular formula is C15H18N2O3S. The summed E-state index contributed by atoms with van der Waals surface area (Å²) in [4.78, 5) is 0.128. The lowest BCUT2D eigenvalue weighted by Gasteiger charge is -2.13. The zero-order valence-corrected chi connectivity index (χ0v) is 13.0. The van der Waals surface area contributed by atoms with Crippen molar-refractivity contribution in [3.63, 3.8) is 0 Å². The van der Waals surface area contributed by atoms with Crippen molar-refractivity contribution in [1.29, 1.82) is 0 Å². The number of ether oxygens (including phenoxy) is 1. The molecule has 112 valence electrons. The first-order chi connectivity index (χ1) is 9.81. The lowest BCUT2D eigenvalue weighted by molar-refractivity contribution is 0.417. The number of benzene rings is 2. The van der Waals surface area contributed by atoms with Gasteiger partial charge in [0.25, 0.3) is 10.0 Å². The highest BCUT2D eigenvalue weighted by atomic mass is 32.2. The van der Waals surface area contributed by atoms with E-state index < -0.39 is 10.0 Å². The van der Waals surface area contributed by atoms with Crippen LogP contribution in [0.1, 0.15) is 11.1 Å². The molecule has 5 nitrogen and oxygen atoms in total. The molecule has 0 aliphatic rings. The molecule has 3 N–H and O–H groups in total. The molecule has 2 rings (SSSR count). The highest BCUT2D eigenvalue weighted by molar-refractivity contribution is 7.92. The van der Waals surface area contributed by atoms with Crippen molar-refractivity contribution in [3.8, 4) is 5.75 Å². The standard InChI is InChI=1S/C15H18N2O3S/c1-10-4-5-15(20-3)14(8-10)17-21(18,19)13-7-11(2)6-12(16)9-13/h4-9,17H,16H2,1-3H3. The van der Waals surface area contributed by atoms with Crippen molar-refractivity contribution in [3.05, 3.63) is 47.5 Å². The van der Waals surface area contributed by atoms with E-state index in [4.69, 9.17) is 10.5 Å². The Morgan fingerprint density at radius 2 is 1.76 bits per heavy atom. The number of hydrogen-bond acceptors (Lipinski definition) is 4. The smallest absolute Gasteiger partial charge is 0.262 e. The third-order valence-corrected chi connectivity index (χ3v) is 4.33. The maximum atomic E-state index is 12.5. The minimum absolute atomic E-state index is 0.128. The van der Waals surface area contributed by atoms with Gasteiger partial charge in [-0.25, -0.2) is 8.42 Å². The van der Waals surface area contributed by atoms with Crippen LogP contribution >= 0.6 is 0 Å². The highest BCUT2D eigenvalue weighted by Gasteiger charge is 2.17. The molecule has 0 radical (unpaired) electrons. The topological polar surface area (TPSA) is 81.4 Å². The van der Waals surface area contributed by atoms with Gasteiger partial charge in [0.2, 0.25) is 0 Å². The molecule has 0 fully saturated rings. The van der Waals surface area contributed by atoms with Gasteiger partial charge in [0, 0.05) is 5.69 Å². The third-order valence-electron chi connectivity index (χ3n) is 2.98. The molecule has 0 amide bonds. The lowest BCUT2D eigenvalue weighted by Crippen LogP contribution is -2.14. The summed E-state index contributed by atoms with van der Waals surface area (Å²) in [6, 6.07) is 10.00. The van der Waals surface area contributed by atoms with Crippen LogP contribution in [0.2, 0.25) is 0 Å². The first-order valence-electron chi connectivity index (χ1n) is 6.36. The van der Waals surface area contributed by atoms with Gasteiger partial charge in [0.1, 0.15) is 5.75 Å². The summed E-state index contributed by atoms with van der Waals surface area (Å²) >= 11 is 0. The van der Waals surface area contributed by atoms with Crippen LogP contribution < -0.4 is 15.2 Å². The Bertz CT molecular complexity index is 750. The predicted octanol–water partition coefficient (Wildman–Crippen LogP) is 2.70. The summed E-state index contributed by atoms with van der Waals surface area (Å²) in [5, 5.41) is 0. The predicted molar refractivity (Wildman–Crippen MR) is 84.1 cm³/mol. The fourth-order valence-electron chi connectivity index (χ4n) is 2.04. The summed E-state index contributed by atoms with van der Waals surface area (Å²) in [5.41, 5.74) is 8.23. The number of nitrogens with one attached hydrogen (secondary N) is 1. The molecule has 0 aliphatic carbocycles. The molecule has 2 aromatic carbocycles. The maximum Gasteiger partial charge on any atom is 0.262 e. The molecule has 0 atom stereocenters. The SMILES string of the molecule is COc1ccc(C)cc1NS(=O)(=O)c1cc(C)cc(N)c1. The van der Waals surface area contributed by atoms with Crippen molar-refractivity contribution in [2.45, 2.75) is 18.7 Å². The zero-order valence-electron chi connectivity index (χ0n) is 12.2. The summed E-state index contributed by atoms with van der Waals surface area (Å²) < 4.78 is 32.6. The molecular weight excluding hydrogens is 288 g/mol. The van der Waals surface area contributed by atoms with Crippen LogP contribution in [0.3, 0.4) is 0 Å². The van der Waals surface area contributed by atoms with Crippen molar-refractivity contribution >= 4 is 21.4 Å². The summed E-state index contributed by atoms with van der Waals surface area (Å²) in [6.07, 6.45) is 0. The second-order valence-corrected chi connectivity index (χ2v) is 6.57. The normalized spacial score (nSPS) is 11.2. The van der Waals surface area contributed by atoms with E-state index in [1.165, 1.54) is 13.2 Å². The molecule has 0 spiro atoms. The van der Waals surface area contributed by atoms with Crippen molar-refractivity contribution < 1.29 is 13.2 Å². The maximum absolute atomic E-state index is 12.5. The van der Waals surface area contributed by atoms with Crippen LogP contribution in [0.4, 0.5) is 11.4 Å². The van der Waals surface area contributed by atoms with Gasteiger partial charge < -0.3 is 10.5 Å². The summed E-state index contributed by atoms with van der Waals surface area (Å²) in [6.45, 7) is 3.67. The number of nitrogen functional groups attached to an aromatic ring is 1. The van der Waals surface area contributed by atoms with E-state index in [0.717, 1.165) is 11.1 Å². The molecule has 0 aliphatic heterocycles. The van der Waals surface area contributed by atoms with Gasteiger partial charge in [-0.05, 0) is 55.3 Å². The molecule has 6 heteroatoms. The van der Waals surface area contributed by atoms with Crippen LogP contribution in [-0.2, 0) is 10.0 Å². The zero-order chi connectivity index (χ0) is 15.6. The average molecular weight is 306 g/mol. The van der Waals surface area contributed by atoms with E-state index >= 15 is 0 Å². The van der Waals surface area contributed by atoms with Crippen molar-refractivity contribution in [2.24, 2.45) is 0 Å². The van der Waals surface area contributed by atoms with Gasteiger partial charge in [-0.2, -0.15) is 0 Å². The number of methoxy groups -OCH3 is 1. The van der Waals surface area contributed by atoms with E-state index in [2.05, 4.69) is 4.72 Å². The molecule has 0 saturated carbocycles. The largest absolute Gasteiger partial charge is 0.495 e. The van der Waals surface area contributed by atoms with Crippen LogP contribution in [0.15, 0.2) is 41.3 Å². The first-order valence-corrected chi connectivity index (χ1v) is 7.85. The van der Waals surface area contributed by atoms with Crippen LogP contribution in [0, 0.1) is 13.8 Å². The number of sulfonamides is 1. The summed E-state index contributed by atoms with van der Waals surface area (Å²) in [5.74, 6) is 0.463. The van der Waals surface area contributed by atoms with Gasteiger partial charge in [-0.1, -0.05) is 6.07 Å². The Balaban J connectivity index is 2.44. The van der Waals surface area contributed by atoms with Gasteiger partial charge in [-0.3, -0.25) is 4.72 Å². The quantitative estimate of drug-likeness (QED) is 0.851. The monoisotopic (exact) mass is 306 g/mol. The molecule has 0 heterocycles. The minimum atomic E-state index is -3.72. The molecule has 21 heavy (non-hydrogen) atoms. The molecule has 2 aromatic rings. The van der Waals surface area contributed by atoms with Crippen molar-refractivity contribution in [1.82, 2.24) is 0 Å². The second-order valence-electron chi connectivity index (χ2n) is 4.89. The first kappa shape index (κ1) is 15.2. The lowest BCUT2D eigenvalue weighted by atomic mass is 10.2. The molecule has 0 unspecified atom stereocenters. The number of rotatable bonds is 4. The second kappa shape index (κ2) is 5.65. The van der Waals surface area contributed by atoms with E-state index in [-0.39, 0.29) is 4.90 Å². The van der Waals surface area contributed by atoms with Crippen LogP contribution in [-0.4, -0.2) is 15.5 Å². The number of nitrogens with two attached hydrogens (primary N) is 1. The van der Waals surface area contributed by atoms with Gasteiger partial charge >= 0.3 is 0 Å². The number of hydrogen-bond donors (Lipinski definition) is 2. The molecule has 0 bridgehead atoms. The average Bonchev–Trinajstić information content (AvgIpc) is 2.37. The fourth-order valence-corrected chi connectivity index (χ4v) is 3.24. The fraction of sp³-hybridized carbons (Fsp3) is 0.200. The van der Waals surface area contributed by atoms with Crippen LogP contribution in [0.5, 0.6) is 5.75 Å². The Labute approximate surface area is 124 Å². The molecule has 0 saturated heterocycles. The van der Waals surface area contributed by atoms with Gasteiger partial charge in [0.05, 0.1) is 17.7 Å². The van der Waals surface area contributed by atoms with Gasteiger partial charge in [-0.15, -0.1) is 0 Å². The summed E-state index contributed by atoms with van der Waals surface area (Å²) in [7, 11) is -2.22. The van der Waals surface area contributed by atoms with Crippen molar-refractivity contribution in [2.75, 3.05) is 17.6 Å². The highest BCUT2D eigenvalue weighted by Crippen LogP contribution is 2.28. The Hall–Kier alpha value is -2.21. The minimum Gasteiger partial charge on any atom is -0.495 e. The Morgan fingerprint density at radius 1 is 1.05 bits per heavy atom.